The molecule has 26 heavy (non-hydrogen) atoms. The average molecular weight is 363 g/mol. The van der Waals surface area contributed by atoms with Gasteiger partial charge in [0.05, 0.1) is 12.8 Å². The van der Waals surface area contributed by atoms with Gasteiger partial charge in [0.15, 0.2) is 0 Å². The zero-order chi connectivity index (χ0) is 18.4. The number of pyridine rings is 1. The predicted octanol–water partition coefficient (Wildman–Crippen LogP) is 0.578. The summed E-state index contributed by atoms with van der Waals surface area (Å²) in [5, 5.41) is 3.58. The Morgan fingerprint density at radius 1 is 1.31 bits per heavy atom. The molecule has 3 rings (SSSR count). The highest BCUT2D eigenvalue weighted by molar-refractivity contribution is 5.67. The Morgan fingerprint density at radius 3 is 2.73 bits per heavy atom. The minimum Gasteiger partial charge on any atom is -0.491 e. The summed E-state index contributed by atoms with van der Waals surface area (Å²) in [6.45, 7) is 6.37. The maximum absolute atomic E-state index is 11.7. The molecule has 1 saturated heterocycles. The number of carbonyl (C=O) groups is 1. The molecule has 0 radical (unpaired) electrons. The van der Waals surface area contributed by atoms with Crippen molar-refractivity contribution in [2.45, 2.75) is 6.92 Å². The molecule has 2 aromatic heterocycles. The average Bonchev–Trinajstić information content (AvgIpc) is 3.09. The van der Waals surface area contributed by atoms with E-state index in [9.17, 15) is 9.59 Å². The van der Waals surface area contributed by atoms with Gasteiger partial charge in [-0.3, -0.25) is 14.4 Å². The molecule has 1 aliphatic rings. The summed E-state index contributed by atoms with van der Waals surface area (Å²) in [7, 11) is 0. The second-order valence-electron chi connectivity index (χ2n) is 5.70. The van der Waals surface area contributed by atoms with Crippen LogP contribution in [0.15, 0.2) is 27.6 Å². The molecule has 0 aliphatic carbocycles. The summed E-state index contributed by atoms with van der Waals surface area (Å²) < 4.78 is 15.1. The van der Waals surface area contributed by atoms with Crippen molar-refractivity contribution in [2.24, 2.45) is 0 Å². The molecule has 3 heterocycles. The van der Waals surface area contributed by atoms with Crippen molar-refractivity contribution >= 4 is 6.09 Å². The van der Waals surface area contributed by atoms with Crippen LogP contribution < -0.4 is 10.5 Å². The lowest BCUT2D eigenvalue weighted by Gasteiger charge is -2.33. The zero-order valence-corrected chi connectivity index (χ0v) is 14.5. The van der Waals surface area contributed by atoms with E-state index in [-0.39, 0.29) is 11.9 Å². The normalized spacial score (nSPS) is 15.0. The monoisotopic (exact) mass is 363 g/mol. The minimum atomic E-state index is -0.620. The van der Waals surface area contributed by atoms with Gasteiger partial charge < -0.3 is 14.4 Å². The van der Waals surface area contributed by atoms with Crippen LogP contribution in [0, 0.1) is 0 Å². The Balaban J connectivity index is 1.40. The van der Waals surface area contributed by atoms with Crippen molar-refractivity contribution in [1.29, 1.82) is 0 Å². The van der Waals surface area contributed by atoms with Crippen LogP contribution in [0.5, 0.6) is 5.75 Å². The van der Waals surface area contributed by atoms with E-state index in [1.165, 1.54) is 0 Å². The lowest BCUT2D eigenvalue weighted by atomic mass is 10.3. The van der Waals surface area contributed by atoms with E-state index < -0.39 is 5.76 Å². The Kier molecular flexibility index (Phi) is 5.84. The van der Waals surface area contributed by atoms with Crippen LogP contribution in [0.4, 0.5) is 4.79 Å². The molecule has 0 saturated carbocycles. The zero-order valence-electron chi connectivity index (χ0n) is 14.5. The first-order chi connectivity index (χ1) is 12.7. The summed E-state index contributed by atoms with van der Waals surface area (Å²) >= 11 is 0. The van der Waals surface area contributed by atoms with Crippen LogP contribution in [0.3, 0.4) is 0 Å². The molecule has 0 bridgehead atoms. The fraction of sp³-hybridized carbons (Fsp3) is 0.500. The summed E-state index contributed by atoms with van der Waals surface area (Å²) in [4.78, 5) is 33.2. The van der Waals surface area contributed by atoms with Gasteiger partial charge in [0.1, 0.15) is 18.1 Å². The lowest BCUT2D eigenvalue weighted by molar-refractivity contribution is 0.0757. The molecule has 140 valence electrons. The van der Waals surface area contributed by atoms with Crippen LogP contribution in [0.25, 0.3) is 11.5 Å². The largest absolute Gasteiger partial charge is 0.491 e. The maximum atomic E-state index is 11.7. The van der Waals surface area contributed by atoms with Gasteiger partial charge in [-0.15, -0.1) is 0 Å². The number of hydrogen-bond donors (Lipinski definition) is 1. The van der Waals surface area contributed by atoms with Crippen LogP contribution >= 0.6 is 0 Å². The highest BCUT2D eigenvalue weighted by Gasteiger charge is 2.21. The van der Waals surface area contributed by atoms with E-state index in [0.29, 0.717) is 37.7 Å². The van der Waals surface area contributed by atoms with Gasteiger partial charge in [0.25, 0.3) is 0 Å². The molecule has 1 amide bonds. The van der Waals surface area contributed by atoms with Gasteiger partial charge in [-0.25, -0.2) is 14.6 Å². The first-order valence-corrected chi connectivity index (χ1v) is 8.45. The summed E-state index contributed by atoms with van der Waals surface area (Å²) in [5.74, 6) is 0.288. The fourth-order valence-corrected chi connectivity index (χ4v) is 2.61. The number of nitrogens with one attached hydrogen (secondary N) is 1. The molecule has 1 N–H and O–H groups in total. The second-order valence-corrected chi connectivity index (χ2v) is 5.70. The van der Waals surface area contributed by atoms with Crippen molar-refractivity contribution in [1.82, 2.24) is 24.9 Å². The van der Waals surface area contributed by atoms with Crippen LogP contribution in [-0.2, 0) is 4.74 Å². The highest BCUT2D eigenvalue weighted by atomic mass is 16.6. The molecule has 2 aromatic rings. The Labute approximate surface area is 149 Å². The molecule has 10 heteroatoms. The number of carbonyl (C=O) groups excluding carboxylic acids is 1. The maximum Gasteiger partial charge on any atom is 0.439 e. The topological polar surface area (TPSA) is 114 Å². The van der Waals surface area contributed by atoms with Crippen molar-refractivity contribution in [3.8, 4) is 17.3 Å². The Hall–Kier alpha value is -2.88. The van der Waals surface area contributed by atoms with Crippen LogP contribution in [-0.4, -0.2) is 77.0 Å². The number of ether oxygens (including phenoxy) is 2. The van der Waals surface area contributed by atoms with E-state index >= 15 is 0 Å². The van der Waals surface area contributed by atoms with Crippen LogP contribution in [0.2, 0.25) is 0 Å². The molecular formula is C16H21N5O5. The third-order valence-electron chi connectivity index (χ3n) is 3.99. The van der Waals surface area contributed by atoms with Gasteiger partial charge in [-0.05, 0) is 19.1 Å². The number of aromatic amines is 1. The van der Waals surface area contributed by atoms with Gasteiger partial charge in [-0.2, -0.15) is 0 Å². The summed E-state index contributed by atoms with van der Waals surface area (Å²) in [5.41, 5.74) is 0.498. The third-order valence-corrected chi connectivity index (χ3v) is 3.99. The highest BCUT2D eigenvalue weighted by Crippen LogP contribution is 2.15. The molecule has 0 unspecified atom stereocenters. The minimum absolute atomic E-state index is 0.247. The number of piperazine rings is 1. The SMILES string of the molecule is CCOC(=O)N1CCN(CCOc2ccc(-c3noc(=O)[nH]3)nc2)CC1. The number of H-pyrrole nitrogens is 1. The van der Waals surface area contributed by atoms with E-state index in [0.717, 1.165) is 19.6 Å². The third kappa shape index (κ3) is 4.60. The first kappa shape index (κ1) is 17.9. The van der Waals surface area contributed by atoms with Crippen molar-refractivity contribution < 1.29 is 18.8 Å². The van der Waals surface area contributed by atoms with E-state index in [1.807, 2.05) is 0 Å². The smallest absolute Gasteiger partial charge is 0.439 e. The molecule has 0 atom stereocenters. The van der Waals surface area contributed by atoms with E-state index in [2.05, 4.69) is 24.5 Å². The molecule has 1 aliphatic heterocycles. The summed E-state index contributed by atoms with van der Waals surface area (Å²) in [6.07, 6.45) is 1.32. The Bertz CT molecular complexity index is 764. The number of rotatable bonds is 6. The van der Waals surface area contributed by atoms with Gasteiger partial charge in [0, 0.05) is 32.7 Å². The van der Waals surface area contributed by atoms with Crippen LogP contribution in [0.1, 0.15) is 6.92 Å². The standard InChI is InChI=1S/C16H21N5O5/c1-2-24-16(23)21-7-5-20(6-8-21)9-10-25-12-3-4-13(17-11-12)14-18-15(22)26-19-14/h3-4,11H,2,5-10H2,1H3,(H,18,19,22). The van der Waals surface area contributed by atoms with E-state index in [4.69, 9.17) is 9.47 Å². The quantitative estimate of drug-likeness (QED) is 0.793. The van der Waals surface area contributed by atoms with Crippen molar-refractivity contribution in [2.75, 3.05) is 45.9 Å². The van der Waals surface area contributed by atoms with Gasteiger partial charge in [0.2, 0.25) is 5.82 Å². The Morgan fingerprint density at radius 2 is 2.12 bits per heavy atom. The van der Waals surface area contributed by atoms with Gasteiger partial charge in [-0.1, -0.05) is 5.16 Å². The summed E-state index contributed by atoms with van der Waals surface area (Å²) in [6, 6.07) is 3.45. The molecule has 0 spiro atoms. The number of aromatic nitrogens is 3. The molecule has 0 aromatic carbocycles. The second kappa shape index (κ2) is 8.48. The molecule has 1 fully saturated rings. The first-order valence-electron chi connectivity index (χ1n) is 8.45. The number of hydrogen-bond acceptors (Lipinski definition) is 8. The fourth-order valence-electron chi connectivity index (χ4n) is 2.61. The van der Waals surface area contributed by atoms with Crippen molar-refractivity contribution in [3.63, 3.8) is 0 Å². The lowest BCUT2D eigenvalue weighted by Crippen LogP contribution is -2.49. The van der Waals surface area contributed by atoms with Gasteiger partial charge >= 0.3 is 11.8 Å². The number of amides is 1. The molecule has 10 nitrogen and oxygen atoms in total. The number of nitrogens with zero attached hydrogens (tertiary/aromatic N) is 4. The molecular weight excluding hydrogens is 342 g/mol. The van der Waals surface area contributed by atoms with E-state index in [1.54, 1.807) is 30.2 Å². The predicted molar refractivity (Wildman–Crippen MR) is 90.9 cm³/mol. The van der Waals surface area contributed by atoms with Crippen molar-refractivity contribution in [3.05, 3.63) is 28.9 Å².